The van der Waals surface area contributed by atoms with E-state index in [1.807, 2.05) is 25.1 Å². The number of rotatable bonds is 5. The van der Waals surface area contributed by atoms with Crippen LogP contribution in [-0.2, 0) is 4.79 Å². The van der Waals surface area contributed by atoms with Crippen LogP contribution in [0.5, 0.6) is 0 Å². The van der Waals surface area contributed by atoms with Crippen LogP contribution in [0.2, 0.25) is 0 Å². The van der Waals surface area contributed by atoms with Gasteiger partial charge in [0.2, 0.25) is 0 Å². The predicted octanol–water partition coefficient (Wildman–Crippen LogP) is 2.95. The molecule has 1 amide bonds. The molecule has 6 nitrogen and oxygen atoms in total. The summed E-state index contributed by atoms with van der Waals surface area (Å²) in [5.41, 5.74) is 1.59. The fraction of sp³-hybridized carbons (Fsp3) is 0.421. The van der Waals surface area contributed by atoms with Crippen molar-refractivity contribution >= 4 is 11.9 Å². The van der Waals surface area contributed by atoms with E-state index in [0.717, 1.165) is 30.6 Å². The molecule has 0 saturated heterocycles. The smallest absolute Gasteiger partial charge is 0.311 e. The van der Waals surface area contributed by atoms with Crippen LogP contribution in [0.25, 0.3) is 5.69 Å². The Morgan fingerprint density at radius 3 is 2.40 bits per heavy atom. The van der Waals surface area contributed by atoms with E-state index in [0.29, 0.717) is 18.4 Å². The zero-order chi connectivity index (χ0) is 17.9. The largest absolute Gasteiger partial charge is 0.481 e. The van der Waals surface area contributed by atoms with E-state index in [4.69, 9.17) is 0 Å². The number of benzene rings is 1. The van der Waals surface area contributed by atoms with Gasteiger partial charge in [0.05, 0.1) is 11.1 Å². The van der Waals surface area contributed by atoms with Gasteiger partial charge in [-0.05, 0) is 50.1 Å². The van der Waals surface area contributed by atoms with Gasteiger partial charge < -0.3 is 10.4 Å². The monoisotopic (exact) mass is 341 g/mol. The average molecular weight is 341 g/mol. The molecular formula is C19H23N3O3. The first-order valence-corrected chi connectivity index (χ1v) is 8.64. The van der Waals surface area contributed by atoms with Crippen LogP contribution in [0.15, 0.2) is 36.5 Å². The van der Waals surface area contributed by atoms with Crippen molar-refractivity contribution < 1.29 is 14.7 Å². The highest BCUT2D eigenvalue weighted by Gasteiger charge is 2.39. The molecule has 132 valence electrons. The van der Waals surface area contributed by atoms with Gasteiger partial charge in [-0.25, -0.2) is 4.68 Å². The van der Waals surface area contributed by atoms with Gasteiger partial charge in [-0.2, -0.15) is 5.10 Å². The number of nitrogens with zero attached hydrogens (tertiary/aromatic N) is 2. The van der Waals surface area contributed by atoms with Crippen LogP contribution in [0.4, 0.5) is 0 Å². The molecule has 0 aliphatic heterocycles. The second-order valence-electron chi connectivity index (χ2n) is 6.76. The zero-order valence-corrected chi connectivity index (χ0v) is 14.4. The number of carbonyl (C=O) groups excluding carboxylic acids is 1. The Kier molecular flexibility index (Phi) is 4.88. The molecule has 1 heterocycles. The van der Waals surface area contributed by atoms with Crippen molar-refractivity contribution in [2.75, 3.05) is 6.54 Å². The summed E-state index contributed by atoms with van der Waals surface area (Å²) >= 11 is 0. The van der Waals surface area contributed by atoms with Gasteiger partial charge in [0, 0.05) is 24.0 Å². The van der Waals surface area contributed by atoms with E-state index in [2.05, 4.69) is 10.4 Å². The number of nitrogens with one attached hydrogen (secondary N) is 1. The number of carbonyl (C=O) groups is 2. The predicted molar refractivity (Wildman–Crippen MR) is 93.8 cm³/mol. The van der Waals surface area contributed by atoms with Crippen molar-refractivity contribution in [1.29, 1.82) is 0 Å². The van der Waals surface area contributed by atoms with E-state index in [1.54, 1.807) is 23.0 Å². The fourth-order valence-corrected chi connectivity index (χ4v) is 3.44. The lowest BCUT2D eigenvalue weighted by atomic mass is 9.74. The van der Waals surface area contributed by atoms with Crippen molar-refractivity contribution in [3.8, 4) is 5.69 Å². The molecule has 1 aromatic heterocycles. The maximum Gasteiger partial charge on any atom is 0.311 e. The van der Waals surface area contributed by atoms with Gasteiger partial charge >= 0.3 is 5.97 Å². The molecule has 0 atom stereocenters. The van der Waals surface area contributed by atoms with Crippen LogP contribution in [0.3, 0.4) is 0 Å². The minimum atomic E-state index is -0.819. The number of aliphatic carboxylic acids is 1. The molecule has 1 saturated carbocycles. The minimum Gasteiger partial charge on any atom is -0.481 e. The summed E-state index contributed by atoms with van der Waals surface area (Å²) in [7, 11) is 0. The first kappa shape index (κ1) is 17.2. The lowest BCUT2D eigenvalue weighted by Crippen LogP contribution is -2.44. The third-order valence-electron chi connectivity index (χ3n) is 5.06. The molecule has 0 spiro atoms. The maximum atomic E-state index is 12.4. The number of aromatic nitrogens is 2. The lowest BCUT2D eigenvalue weighted by Gasteiger charge is -2.33. The molecule has 2 N–H and O–H groups in total. The third-order valence-corrected chi connectivity index (χ3v) is 5.06. The van der Waals surface area contributed by atoms with Crippen LogP contribution in [0, 0.1) is 12.3 Å². The van der Waals surface area contributed by atoms with Crippen molar-refractivity contribution in [2.24, 2.45) is 5.41 Å². The first-order valence-electron chi connectivity index (χ1n) is 8.64. The Bertz CT molecular complexity index is 758. The summed E-state index contributed by atoms with van der Waals surface area (Å²) in [5, 5.41) is 16.6. The second-order valence-corrected chi connectivity index (χ2v) is 6.76. The Morgan fingerprint density at radius 1 is 1.16 bits per heavy atom. The number of hydrogen-bond donors (Lipinski definition) is 2. The van der Waals surface area contributed by atoms with Crippen molar-refractivity contribution in [2.45, 2.75) is 39.0 Å². The van der Waals surface area contributed by atoms with Gasteiger partial charge in [-0.3, -0.25) is 9.59 Å². The summed E-state index contributed by atoms with van der Waals surface area (Å²) in [6.07, 6.45) is 5.85. The number of carboxylic acid groups (broad SMARTS) is 1. The summed E-state index contributed by atoms with van der Waals surface area (Å²) in [6, 6.07) is 9.06. The average Bonchev–Trinajstić information content (AvgIpc) is 3.06. The van der Waals surface area contributed by atoms with Crippen LogP contribution >= 0.6 is 0 Å². The molecule has 6 heteroatoms. The molecule has 3 rings (SSSR count). The minimum absolute atomic E-state index is 0.182. The lowest BCUT2D eigenvalue weighted by molar-refractivity contribution is -0.150. The molecular weight excluding hydrogens is 318 g/mol. The molecule has 1 aromatic carbocycles. The summed E-state index contributed by atoms with van der Waals surface area (Å²) in [5.74, 6) is -1.05. The first-order chi connectivity index (χ1) is 12.0. The number of hydrogen-bond acceptors (Lipinski definition) is 3. The van der Waals surface area contributed by atoms with Crippen molar-refractivity contribution in [1.82, 2.24) is 15.1 Å². The highest BCUT2D eigenvalue weighted by molar-refractivity contribution is 5.94. The van der Waals surface area contributed by atoms with E-state index in [1.165, 1.54) is 0 Å². The van der Waals surface area contributed by atoms with E-state index in [9.17, 15) is 14.7 Å². The van der Waals surface area contributed by atoms with Crippen LogP contribution < -0.4 is 5.32 Å². The number of amides is 1. The van der Waals surface area contributed by atoms with Crippen molar-refractivity contribution in [3.63, 3.8) is 0 Å². The Balaban J connectivity index is 1.67. The summed E-state index contributed by atoms with van der Waals surface area (Å²) in [4.78, 5) is 24.1. The van der Waals surface area contributed by atoms with Crippen LogP contribution in [-0.4, -0.2) is 33.3 Å². The Morgan fingerprint density at radius 2 is 1.84 bits per heavy atom. The normalized spacial score (nSPS) is 16.4. The number of carboxylic acids is 1. The second kappa shape index (κ2) is 7.09. The molecule has 1 aliphatic rings. The van der Waals surface area contributed by atoms with Gasteiger partial charge in [0.1, 0.15) is 0 Å². The fourth-order valence-electron chi connectivity index (χ4n) is 3.44. The highest BCUT2D eigenvalue weighted by Crippen LogP contribution is 2.36. The standard InChI is InChI=1S/C19H23N3O3/c1-14-9-12-21-22(14)16-7-5-15(6-8-16)17(23)20-13-19(18(24)25)10-3-2-4-11-19/h5-9,12H,2-4,10-11,13H2,1H3,(H,20,23)(H,24,25). The molecule has 2 aromatic rings. The van der Waals surface area contributed by atoms with E-state index in [-0.39, 0.29) is 12.5 Å². The molecule has 0 bridgehead atoms. The SMILES string of the molecule is Cc1ccnn1-c1ccc(C(=O)NCC2(C(=O)O)CCCCC2)cc1. The van der Waals surface area contributed by atoms with E-state index < -0.39 is 11.4 Å². The summed E-state index contributed by atoms with van der Waals surface area (Å²) < 4.78 is 1.79. The maximum absolute atomic E-state index is 12.4. The van der Waals surface area contributed by atoms with Gasteiger partial charge in [0.15, 0.2) is 0 Å². The molecule has 25 heavy (non-hydrogen) atoms. The third kappa shape index (κ3) is 3.57. The van der Waals surface area contributed by atoms with Gasteiger partial charge in [-0.1, -0.05) is 19.3 Å². The number of aryl methyl sites for hydroxylation is 1. The topological polar surface area (TPSA) is 84.2 Å². The highest BCUT2D eigenvalue weighted by atomic mass is 16.4. The zero-order valence-electron chi connectivity index (χ0n) is 14.4. The molecule has 0 unspecified atom stereocenters. The van der Waals surface area contributed by atoms with Gasteiger partial charge in [-0.15, -0.1) is 0 Å². The quantitative estimate of drug-likeness (QED) is 0.876. The molecule has 0 radical (unpaired) electrons. The van der Waals surface area contributed by atoms with Crippen LogP contribution in [0.1, 0.15) is 48.2 Å². The Hall–Kier alpha value is -2.63. The van der Waals surface area contributed by atoms with Crippen molar-refractivity contribution in [3.05, 3.63) is 47.8 Å². The van der Waals surface area contributed by atoms with Gasteiger partial charge in [0.25, 0.3) is 5.91 Å². The summed E-state index contributed by atoms with van der Waals surface area (Å²) in [6.45, 7) is 2.14. The molecule has 1 aliphatic carbocycles. The van der Waals surface area contributed by atoms with E-state index >= 15 is 0 Å². The Labute approximate surface area is 146 Å². The molecule has 1 fully saturated rings.